The maximum Gasteiger partial charge on any atom is 0.276 e. The fraction of sp³-hybridized carbons (Fsp3) is 0.0476. The average molecular weight is 388 g/mol. The van der Waals surface area contributed by atoms with Gasteiger partial charge in [0.05, 0.1) is 4.53 Å². The molecule has 0 bridgehead atoms. The third kappa shape index (κ3) is 3.74. The predicted octanol–water partition coefficient (Wildman–Crippen LogP) is 2.83. The summed E-state index contributed by atoms with van der Waals surface area (Å²) < 4.78 is 2.09. The number of benzene rings is 2. The summed E-state index contributed by atoms with van der Waals surface area (Å²) in [5.74, 6) is 0.377. The van der Waals surface area contributed by atoms with Crippen LogP contribution >= 0.6 is 11.3 Å². The molecular formula is C21H16N4O2S. The van der Waals surface area contributed by atoms with Crippen LogP contribution in [0.2, 0.25) is 0 Å². The van der Waals surface area contributed by atoms with Crippen molar-refractivity contribution >= 4 is 46.1 Å². The molecule has 0 atom stereocenters. The third-order valence-electron chi connectivity index (χ3n) is 4.03. The van der Waals surface area contributed by atoms with Gasteiger partial charge in [-0.15, -0.1) is 10.2 Å². The molecule has 4 rings (SSSR count). The number of amides is 1. The molecule has 7 heteroatoms. The lowest BCUT2D eigenvalue weighted by Crippen LogP contribution is -2.23. The minimum Gasteiger partial charge on any atom is -0.326 e. The molecule has 0 spiro atoms. The van der Waals surface area contributed by atoms with E-state index in [9.17, 15) is 9.59 Å². The SMILES string of the molecule is CC(=O)Nc1ccc(/C=c2\sc3nnc(/C=C\c4ccccc4)n3c2=O)cc1. The van der Waals surface area contributed by atoms with E-state index in [0.717, 1.165) is 11.1 Å². The van der Waals surface area contributed by atoms with E-state index in [1.807, 2.05) is 54.6 Å². The van der Waals surface area contributed by atoms with Crippen molar-refractivity contribution < 1.29 is 4.79 Å². The summed E-state index contributed by atoms with van der Waals surface area (Å²) in [6.07, 6.45) is 5.50. The van der Waals surface area contributed by atoms with Crippen LogP contribution in [0.5, 0.6) is 0 Å². The standard InChI is InChI=1S/C21H16N4O2S/c1-14(26)22-17-10-7-16(8-11-17)13-18-20(27)25-19(23-24-21(25)28-18)12-9-15-5-3-2-4-6-15/h2-13H,1H3,(H,22,26)/b12-9-,18-13-. The second-order valence-electron chi connectivity index (χ2n) is 6.14. The molecule has 0 aliphatic carbocycles. The average Bonchev–Trinajstić information content (AvgIpc) is 3.22. The lowest BCUT2D eigenvalue weighted by atomic mass is 10.2. The van der Waals surface area contributed by atoms with Crippen molar-refractivity contribution in [1.29, 1.82) is 0 Å². The molecular weight excluding hydrogens is 372 g/mol. The molecule has 0 fully saturated rings. The lowest BCUT2D eigenvalue weighted by molar-refractivity contribution is -0.114. The van der Waals surface area contributed by atoms with E-state index in [2.05, 4.69) is 15.5 Å². The zero-order chi connectivity index (χ0) is 19.5. The highest BCUT2D eigenvalue weighted by molar-refractivity contribution is 7.15. The van der Waals surface area contributed by atoms with Crippen LogP contribution in [-0.2, 0) is 4.79 Å². The molecule has 4 aromatic rings. The Morgan fingerprint density at radius 1 is 1.00 bits per heavy atom. The number of anilines is 1. The lowest BCUT2D eigenvalue weighted by Gasteiger charge is -2.01. The molecule has 1 amide bonds. The van der Waals surface area contributed by atoms with Gasteiger partial charge >= 0.3 is 0 Å². The quantitative estimate of drug-likeness (QED) is 0.583. The Balaban J connectivity index is 1.68. The van der Waals surface area contributed by atoms with E-state index < -0.39 is 0 Å². The number of rotatable bonds is 4. The first-order chi connectivity index (χ1) is 13.6. The first-order valence-corrected chi connectivity index (χ1v) is 9.42. The molecule has 1 N–H and O–H groups in total. The summed E-state index contributed by atoms with van der Waals surface area (Å²) in [7, 11) is 0. The summed E-state index contributed by atoms with van der Waals surface area (Å²) in [6, 6.07) is 17.1. The molecule has 0 aliphatic rings. The number of nitrogens with one attached hydrogen (secondary N) is 1. The topological polar surface area (TPSA) is 76.4 Å². The summed E-state index contributed by atoms with van der Waals surface area (Å²) in [4.78, 5) is 24.5. The normalized spacial score (nSPS) is 12.1. The Morgan fingerprint density at radius 2 is 1.75 bits per heavy atom. The van der Waals surface area contributed by atoms with Crippen LogP contribution in [0.4, 0.5) is 5.69 Å². The minimum atomic E-state index is -0.149. The van der Waals surface area contributed by atoms with Gasteiger partial charge in [0.25, 0.3) is 5.56 Å². The molecule has 0 aliphatic heterocycles. The van der Waals surface area contributed by atoms with Crippen molar-refractivity contribution in [1.82, 2.24) is 14.6 Å². The van der Waals surface area contributed by atoms with Crippen molar-refractivity contribution in [2.45, 2.75) is 6.92 Å². The van der Waals surface area contributed by atoms with Gasteiger partial charge in [-0.25, -0.2) is 4.40 Å². The molecule has 0 unspecified atom stereocenters. The Hall–Kier alpha value is -3.58. The van der Waals surface area contributed by atoms with Crippen LogP contribution in [0.15, 0.2) is 59.4 Å². The van der Waals surface area contributed by atoms with Gasteiger partial charge in [-0.2, -0.15) is 0 Å². The van der Waals surface area contributed by atoms with Gasteiger partial charge in [-0.3, -0.25) is 9.59 Å². The third-order valence-corrected chi connectivity index (χ3v) is 4.99. The van der Waals surface area contributed by atoms with Gasteiger partial charge in [0, 0.05) is 12.6 Å². The van der Waals surface area contributed by atoms with Crippen LogP contribution in [-0.4, -0.2) is 20.5 Å². The Bertz CT molecular complexity index is 1270. The molecule has 0 radical (unpaired) electrons. The minimum absolute atomic E-state index is 0.123. The molecule has 28 heavy (non-hydrogen) atoms. The van der Waals surface area contributed by atoms with Crippen LogP contribution < -0.4 is 15.4 Å². The number of fused-ring (bicyclic) bond motifs is 1. The zero-order valence-corrected chi connectivity index (χ0v) is 15.8. The second kappa shape index (κ2) is 7.58. The molecule has 2 aromatic heterocycles. The van der Waals surface area contributed by atoms with E-state index in [0.29, 0.717) is 21.0 Å². The van der Waals surface area contributed by atoms with E-state index in [1.165, 1.54) is 22.7 Å². The number of carbonyl (C=O) groups is 1. The Kier molecular flexibility index (Phi) is 4.82. The molecule has 2 heterocycles. The van der Waals surface area contributed by atoms with Crippen molar-refractivity contribution in [3.8, 4) is 0 Å². The van der Waals surface area contributed by atoms with E-state index in [-0.39, 0.29) is 11.5 Å². The number of aromatic nitrogens is 3. The largest absolute Gasteiger partial charge is 0.326 e. The number of thiazole rings is 1. The summed E-state index contributed by atoms with van der Waals surface area (Å²) in [5, 5.41) is 10.9. The van der Waals surface area contributed by atoms with Gasteiger partial charge in [0.15, 0.2) is 5.82 Å². The van der Waals surface area contributed by atoms with Gasteiger partial charge in [-0.05, 0) is 35.4 Å². The van der Waals surface area contributed by atoms with Crippen molar-refractivity contribution in [2.75, 3.05) is 5.32 Å². The van der Waals surface area contributed by atoms with Crippen LogP contribution in [0, 0.1) is 0 Å². The van der Waals surface area contributed by atoms with Crippen molar-refractivity contribution in [3.63, 3.8) is 0 Å². The number of carbonyl (C=O) groups excluding carboxylic acids is 1. The van der Waals surface area contributed by atoms with Crippen molar-refractivity contribution in [3.05, 3.63) is 86.4 Å². The summed E-state index contributed by atoms with van der Waals surface area (Å²) >= 11 is 1.29. The van der Waals surface area contributed by atoms with Gasteiger partial charge < -0.3 is 5.32 Å². The highest BCUT2D eigenvalue weighted by Gasteiger charge is 2.10. The number of hydrogen-bond donors (Lipinski definition) is 1. The van der Waals surface area contributed by atoms with Gasteiger partial charge in [0.1, 0.15) is 0 Å². The highest BCUT2D eigenvalue weighted by Crippen LogP contribution is 2.11. The summed E-state index contributed by atoms with van der Waals surface area (Å²) in [5.41, 5.74) is 2.45. The Morgan fingerprint density at radius 3 is 2.46 bits per heavy atom. The van der Waals surface area contributed by atoms with Crippen LogP contribution in [0.1, 0.15) is 23.9 Å². The molecule has 0 saturated carbocycles. The number of hydrogen-bond acceptors (Lipinski definition) is 5. The fourth-order valence-corrected chi connectivity index (χ4v) is 3.66. The van der Waals surface area contributed by atoms with E-state index >= 15 is 0 Å². The highest BCUT2D eigenvalue weighted by atomic mass is 32.1. The first kappa shape index (κ1) is 17.8. The maximum atomic E-state index is 12.8. The van der Waals surface area contributed by atoms with Crippen molar-refractivity contribution in [2.24, 2.45) is 0 Å². The van der Waals surface area contributed by atoms with Crippen LogP contribution in [0.25, 0.3) is 23.2 Å². The second-order valence-corrected chi connectivity index (χ2v) is 7.15. The van der Waals surface area contributed by atoms with Crippen LogP contribution in [0.3, 0.4) is 0 Å². The molecule has 6 nitrogen and oxygen atoms in total. The molecule has 138 valence electrons. The van der Waals surface area contributed by atoms with E-state index in [4.69, 9.17) is 0 Å². The monoisotopic (exact) mass is 388 g/mol. The smallest absolute Gasteiger partial charge is 0.276 e. The molecule has 2 aromatic carbocycles. The first-order valence-electron chi connectivity index (χ1n) is 8.60. The van der Waals surface area contributed by atoms with Gasteiger partial charge in [-0.1, -0.05) is 59.9 Å². The molecule has 0 saturated heterocycles. The van der Waals surface area contributed by atoms with Gasteiger partial charge in [0.2, 0.25) is 10.9 Å². The Labute approximate surface area is 164 Å². The predicted molar refractivity (Wildman–Crippen MR) is 112 cm³/mol. The summed E-state index contributed by atoms with van der Waals surface area (Å²) in [6.45, 7) is 1.46. The maximum absolute atomic E-state index is 12.8. The number of nitrogens with zero attached hydrogens (tertiary/aromatic N) is 3. The van der Waals surface area contributed by atoms with E-state index in [1.54, 1.807) is 18.2 Å². The zero-order valence-electron chi connectivity index (χ0n) is 15.0. The fourth-order valence-electron chi connectivity index (χ4n) is 2.74.